The summed E-state index contributed by atoms with van der Waals surface area (Å²) in [5.41, 5.74) is 6.65. The molecule has 7 rings (SSSR count). The van der Waals surface area contributed by atoms with E-state index in [1.165, 1.54) is 55.8 Å². The highest BCUT2D eigenvalue weighted by Crippen LogP contribution is 2.46. The van der Waals surface area contributed by atoms with Gasteiger partial charge in [0.15, 0.2) is 0 Å². The van der Waals surface area contributed by atoms with Crippen molar-refractivity contribution >= 4 is 38.3 Å². The van der Waals surface area contributed by atoms with E-state index >= 15 is 0 Å². The maximum absolute atomic E-state index is 2.47. The Bertz CT molecular complexity index is 1510. The lowest BCUT2D eigenvalue weighted by molar-refractivity contribution is 0.969. The molecule has 2 aliphatic rings. The van der Waals surface area contributed by atoms with Gasteiger partial charge in [-0.3, -0.25) is 0 Å². The zero-order valence-electron chi connectivity index (χ0n) is 20.6. The molecule has 2 unspecified atom stereocenters. The summed E-state index contributed by atoms with van der Waals surface area (Å²) < 4.78 is 2.47. The SMILES string of the molecule is C1=CC2CC2C=C1n1c2ccccc2c2ccc3ccccc3c21.CC.Cc1cccc(C)c1. The van der Waals surface area contributed by atoms with Crippen LogP contribution in [-0.2, 0) is 0 Å². The Morgan fingerprint density at radius 1 is 0.676 bits per heavy atom. The van der Waals surface area contributed by atoms with Gasteiger partial charge in [0.2, 0.25) is 0 Å². The van der Waals surface area contributed by atoms with E-state index in [1.54, 1.807) is 0 Å². The van der Waals surface area contributed by atoms with Crippen molar-refractivity contribution in [2.24, 2.45) is 11.8 Å². The van der Waals surface area contributed by atoms with Gasteiger partial charge in [0.05, 0.1) is 11.0 Å². The predicted octanol–water partition coefficient (Wildman–Crippen LogP) is 9.32. The van der Waals surface area contributed by atoms with Gasteiger partial charge < -0.3 is 4.57 Å². The van der Waals surface area contributed by atoms with Gasteiger partial charge in [0.25, 0.3) is 0 Å². The first-order chi connectivity index (χ1) is 16.7. The smallest absolute Gasteiger partial charge is 0.0619 e. The number of hydrogen-bond donors (Lipinski definition) is 0. The molecule has 170 valence electrons. The second-order valence-corrected chi connectivity index (χ2v) is 9.21. The Hall–Kier alpha value is -3.58. The van der Waals surface area contributed by atoms with E-state index in [0.29, 0.717) is 0 Å². The van der Waals surface area contributed by atoms with Gasteiger partial charge in [-0.05, 0) is 49.6 Å². The lowest BCUT2D eigenvalue weighted by Crippen LogP contribution is -1.98. The number of allylic oxidation sites excluding steroid dienone is 4. The Labute approximate surface area is 203 Å². The van der Waals surface area contributed by atoms with E-state index in [2.05, 4.69) is 122 Å². The number of rotatable bonds is 1. The van der Waals surface area contributed by atoms with Crippen molar-refractivity contribution in [1.82, 2.24) is 4.57 Å². The number of fused-ring (bicyclic) bond motifs is 6. The number of aryl methyl sites for hydroxylation is 2. The standard InChI is InChI=1S/C23H17N.C8H10.C2H6/c1-2-6-19-15(5-1)10-12-21-20-7-3-4-8-22(20)24(23(19)21)18-11-9-16-13-17(16)14-18;1-7-4-3-5-8(2)6-7;1-2/h1-12,14,16-17H,13H2;3-6H,1-2H3;1-2H3. The molecule has 0 saturated heterocycles. The van der Waals surface area contributed by atoms with Gasteiger partial charge in [-0.15, -0.1) is 0 Å². The van der Waals surface area contributed by atoms with E-state index < -0.39 is 0 Å². The lowest BCUT2D eigenvalue weighted by Gasteiger charge is -2.13. The maximum atomic E-state index is 2.47. The van der Waals surface area contributed by atoms with Gasteiger partial charge in [0, 0.05) is 21.9 Å². The molecule has 2 aliphatic carbocycles. The Morgan fingerprint density at radius 3 is 2.09 bits per heavy atom. The molecule has 0 aliphatic heterocycles. The molecule has 1 nitrogen and oxygen atoms in total. The quantitative estimate of drug-likeness (QED) is 0.243. The Morgan fingerprint density at radius 2 is 1.38 bits per heavy atom. The fraction of sp³-hybridized carbons (Fsp3) is 0.212. The predicted molar refractivity (Wildman–Crippen MR) is 149 cm³/mol. The van der Waals surface area contributed by atoms with Crippen LogP contribution in [0.2, 0.25) is 0 Å². The fourth-order valence-corrected chi connectivity index (χ4v) is 5.10. The van der Waals surface area contributed by atoms with Crippen LogP contribution < -0.4 is 0 Å². The van der Waals surface area contributed by atoms with E-state index in [1.807, 2.05) is 13.8 Å². The minimum absolute atomic E-state index is 0.746. The average molecular weight is 444 g/mol. The first-order valence-corrected chi connectivity index (χ1v) is 12.5. The summed E-state index contributed by atoms with van der Waals surface area (Å²) >= 11 is 0. The van der Waals surface area contributed by atoms with E-state index in [9.17, 15) is 0 Å². The van der Waals surface area contributed by atoms with Gasteiger partial charge in [-0.25, -0.2) is 0 Å². The molecule has 2 atom stereocenters. The largest absolute Gasteiger partial charge is 0.309 e. The minimum atomic E-state index is 0.746. The van der Waals surface area contributed by atoms with Gasteiger partial charge in [-0.1, -0.05) is 116 Å². The summed E-state index contributed by atoms with van der Waals surface area (Å²) in [5, 5.41) is 5.32. The molecule has 1 saturated carbocycles. The molecule has 0 N–H and O–H groups in total. The number of hydrogen-bond acceptors (Lipinski definition) is 0. The van der Waals surface area contributed by atoms with Crippen LogP contribution in [-0.4, -0.2) is 4.57 Å². The van der Waals surface area contributed by atoms with Crippen molar-refractivity contribution in [3.8, 4) is 0 Å². The molecule has 0 amide bonds. The molecule has 1 aromatic heterocycles. The molecule has 0 bridgehead atoms. The van der Waals surface area contributed by atoms with Crippen LogP contribution in [0.4, 0.5) is 0 Å². The highest BCUT2D eigenvalue weighted by Gasteiger charge is 2.35. The summed E-state index contributed by atoms with van der Waals surface area (Å²) in [7, 11) is 0. The van der Waals surface area contributed by atoms with Crippen molar-refractivity contribution in [2.75, 3.05) is 0 Å². The zero-order valence-corrected chi connectivity index (χ0v) is 20.6. The third-order valence-corrected chi connectivity index (χ3v) is 6.78. The fourth-order valence-electron chi connectivity index (χ4n) is 5.10. The molecule has 1 heterocycles. The van der Waals surface area contributed by atoms with Crippen LogP contribution in [0.25, 0.3) is 38.3 Å². The van der Waals surface area contributed by atoms with Gasteiger partial charge in [0.1, 0.15) is 0 Å². The monoisotopic (exact) mass is 443 g/mol. The topological polar surface area (TPSA) is 4.93 Å². The molecule has 1 fully saturated rings. The second-order valence-electron chi connectivity index (χ2n) is 9.21. The van der Waals surface area contributed by atoms with Crippen LogP contribution in [0.1, 0.15) is 31.4 Å². The van der Waals surface area contributed by atoms with Gasteiger partial charge >= 0.3 is 0 Å². The molecular weight excluding hydrogens is 410 g/mol. The van der Waals surface area contributed by atoms with Crippen LogP contribution in [0, 0.1) is 25.7 Å². The molecule has 5 aromatic rings. The van der Waals surface area contributed by atoms with E-state index in [-0.39, 0.29) is 0 Å². The summed E-state index contributed by atoms with van der Waals surface area (Å²) in [5.74, 6) is 1.54. The summed E-state index contributed by atoms with van der Waals surface area (Å²) in [4.78, 5) is 0. The molecule has 1 heteroatoms. The van der Waals surface area contributed by atoms with E-state index in [0.717, 1.165) is 11.8 Å². The minimum Gasteiger partial charge on any atom is -0.309 e. The van der Waals surface area contributed by atoms with Crippen LogP contribution in [0.5, 0.6) is 0 Å². The number of benzene rings is 4. The second kappa shape index (κ2) is 9.35. The molecule has 4 aromatic carbocycles. The summed E-state index contributed by atoms with van der Waals surface area (Å²) in [6, 6.07) is 30.5. The van der Waals surface area contributed by atoms with Crippen molar-refractivity contribution in [2.45, 2.75) is 34.1 Å². The maximum Gasteiger partial charge on any atom is 0.0619 e. The first kappa shape index (κ1) is 22.2. The Kier molecular flexibility index (Phi) is 6.11. The van der Waals surface area contributed by atoms with Crippen molar-refractivity contribution in [3.05, 3.63) is 114 Å². The van der Waals surface area contributed by atoms with Gasteiger partial charge in [-0.2, -0.15) is 0 Å². The average Bonchev–Trinajstić information content (AvgIpc) is 3.57. The van der Waals surface area contributed by atoms with Crippen LogP contribution >= 0.6 is 0 Å². The summed E-state index contributed by atoms with van der Waals surface area (Å²) in [6.45, 7) is 8.21. The third-order valence-electron chi connectivity index (χ3n) is 6.78. The number of para-hydroxylation sites is 1. The highest BCUT2D eigenvalue weighted by molar-refractivity contribution is 6.19. The van der Waals surface area contributed by atoms with Crippen molar-refractivity contribution < 1.29 is 0 Å². The molecule has 34 heavy (non-hydrogen) atoms. The van der Waals surface area contributed by atoms with Crippen molar-refractivity contribution in [3.63, 3.8) is 0 Å². The number of nitrogens with zero attached hydrogens (tertiary/aromatic N) is 1. The highest BCUT2D eigenvalue weighted by atomic mass is 15.0. The lowest BCUT2D eigenvalue weighted by atomic mass is 10.1. The number of aromatic nitrogens is 1. The Balaban J connectivity index is 0.000000205. The van der Waals surface area contributed by atoms with Crippen LogP contribution in [0.3, 0.4) is 0 Å². The summed E-state index contributed by atoms with van der Waals surface area (Å²) in [6.07, 6.45) is 8.50. The molecule has 0 radical (unpaired) electrons. The first-order valence-electron chi connectivity index (χ1n) is 12.5. The van der Waals surface area contributed by atoms with E-state index in [4.69, 9.17) is 0 Å². The van der Waals surface area contributed by atoms with Crippen LogP contribution in [0.15, 0.2) is 103 Å². The molecule has 0 spiro atoms. The molecular formula is C33H33N. The zero-order chi connectivity index (χ0) is 23.7. The normalized spacial score (nSPS) is 17.9. The van der Waals surface area contributed by atoms with Crippen molar-refractivity contribution in [1.29, 1.82) is 0 Å². The third kappa shape index (κ3) is 4.07.